The minimum absolute atomic E-state index is 0.0384. The molecule has 1 saturated carbocycles. The number of aromatic nitrogens is 2. The fraction of sp³-hybridized carbons (Fsp3) is 0.571. The standard InChI is InChI=1S/C14H21N5OS/c1-8-7-9-12(17-14(19-15)18-13(9)21-8)16-10-5-3-2-4-6-11(10)20/h7,10-11,20H,2-6,15H2,1H3,(H2,16,17,18,19). The number of nitrogens with zero attached hydrogens (tertiary/aromatic N) is 2. The molecule has 2 atom stereocenters. The third-order valence-corrected chi connectivity index (χ3v) is 4.89. The number of aliphatic hydroxyl groups is 1. The van der Waals surface area contributed by atoms with Gasteiger partial charge in [0, 0.05) is 4.88 Å². The van der Waals surface area contributed by atoms with E-state index >= 15 is 0 Å². The molecule has 1 fully saturated rings. The third-order valence-electron chi connectivity index (χ3n) is 3.95. The molecule has 0 spiro atoms. The number of thiophene rings is 1. The van der Waals surface area contributed by atoms with Crippen LogP contribution in [-0.4, -0.2) is 27.2 Å². The lowest BCUT2D eigenvalue weighted by atomic mass is 10.1. The summed E-state index contributed by atoms with van der Waals surface area (Å²) in [5.74, 6) is 6.61. The second-order valence-electron chi connectivity index (χ2n) is 5.57. The molecule has 114 valence electrons. The molecule has 7 heteroatoms. The van der Waals surface area contributed by atoms with Crippen molar-refractivity contribution in [3.63, 3.8) is 0 Å². The Morgan fingerprint density at radius 1 is 1.29 bits per heavy atom. The highest BCUT2D eigenvalue weighted by Gasteiger charge is 2.23. The summed E-state index contributed by atoms with van der Waals surface area (Å²) in [4.78, 5) is 10.9. The van der Waals surface area contributed by atoms with Crippen molar-refractivity contribution in [1.29, 1.82) is 0 Å². The fourth-order valence-electron chi connectivity index (χ4n) is 2.85. The van der Waals surface area contributed by atoms with Crippen molar-refractivity contribution in [2.45, 2.75) is 51.2 Å². The summed E-state index contributed by atoms with van der Waals surface area (Å²) in [6.45, 7) is 2.05. The highest BCUT2D eigenvalue weighted by Crippen LogP contribution is 2.31. The first-order valence-electron chi connectivity index (χ1n) is 7.37. The average Bonchev–Trinajstić information content (AvgIpc) is 2.73. The van der Waals surface area contributed by atoms with Crippen molar-refractivity contribution in [3.05, 3.63) is 10.9 Å². The average molecular weight is 307 g/mol. The molecule has 5 N–H and O–H groups in total. The molecule has 3 rings (SSSR count). The van der Waals surface area contributed by atoms with E-state index < -0.39 is 0 Å². The highest BCUT2D eigenvalue weighted by atomic mass is 32.1. The molecule has 0 aromatic carbocycles. The monoisotopic (exact) mass is 307 g/mol. The van der Waals surface area contributed by atoms with Gasteiger partial charge in [0.05, 0.1) is 17.5 Å². The molecule has 2 unspecified atom stereocenters. The number of fused-ring (bicyclic) bond motifs is 1. The topological polar surface area (TPSA) is 96.1 Å². The van der Waals surface area contributed by atoms with Gasteiger partial charge in [0.1, 0.15) is 10.6 Å². The molecule has 0 saturated heterocycles. The van der Waals surface area contributed by atoms with Crippen LogP contribution in [0.25, 0.3) is 10.2 Å². The second-order valence-corrected chi connectivity index (χ2v) is 6.81. The first-order chi connectivity index (χ1) is 10.2. The minimum atomic E-state index is -0.327. The molecule has 1 aliphatic carbocycles. The van der Waals surface area contributed by atoms with E-state index in [-0.39, 0.29) is 12.1 Å². The van der Waals surface area contributed by atoms with Crippen molar-refractivity contribution in [2.24, 2.45) is 5.84 Å². The summed E-state index contributed by atoms with van der Waals surface area (Å²) < 4.78 is 0. The van der Waals surface area contributed by atoms with Gasteiger partial charge in [0.15, 0.2) is 0 Å². The zero-order valence-corrected chi connectivity index (χ0v) is 12.9. The van der Waals surface area contributed by atoms with Crippen LogP contribution in [0.15, 0.2) is 6.07 Å². The highest BCUT2D eigenvalue weighted by molar-refractivity contribution is 7.18. The number of rotatable bonds is 3. The third kappa shape index (κ3) is 3.09. The Morgan fingerprint density at radius 3 is 2.90 bits per heavy atom. The molecule has 0 bridgehead atoms. The van der Waals surface area contributed by atoms with E-state index in [0.29, 0.717) is 5.95 Å². The van der Waals surface area contributed by atoms with Gasteiger partial charge in [-0.25, -0.2) is 10.8 Å². The molecule has 0 amide bonds. The zero-order chi connectivity index (χ0) is 14.8. The number of nitrogens with one attached hydrogen (secondary N) is 2. The normalized spacial score (nSPS) is 23.0. The van der Waals surface area contributed by atoms with Crippen LogP contribution in [0.5, 0.6) is 0 Å². The van der Waals surface area contributed by atoms with Gasteiger partial charge >= 0.3 is 0 Å². The van der Waals surface area contributed by atoms with Crippen LogP contribution in [-0.2, 0) is 0 Å². The largest absolute Gasteiger partial charge is 0.391 e. The van der Waals surface area contributed by atoms with Crippen LogP contribution in [0.4, 0.5) is 11.8 Å². The van der Waals surface area contributed by atoms with E-state index in [0.717, 1.165) is 41.7 Å². The number of anilines is 2. The van der Waals surface area contributed by atoms with Gasteiger partial charge in [-0.3, -0.25) is 5.43 Å². The number of nitrogen functional groups attached to an aromatic ring is 1. The van der Waals surface area contributed by atoms with Gasteiger partial charge in [-0.1, -0.05) is 19.3 Å². The summed E-state index contributed by atoms with van der Waals surface area (Å²) in [6, 6.07) is 2.11. The number of hydrazine groups is 1. The molecule has 0 radical (unpaired) electrons. The van der Waals surface area contributed by atoms with Crippen LogP contribution < -0.4 is 16.6 Å². The SMILES string of the molecule is Cc1cc2c(NC3CCCCCC3O)nc(NN)nc2s1. The Kier molecular flexibility index (Phi) is 4.23. The second kappa shape index (κ2) is 6.13. The Hall–Kier alpha value is -1.44. The van der Waals surface area contributed by atoms with Crippen LogP contribution in [0, 0.1) is 6.92 Å². The van der Waals surface area contributed by atoms with Crippen LogP contribution >= 0.6 is 11.3 Å². The van der Waals surface area contributed by atoms with E-state index in [4.69, 9.17) is 5.84 Å². The van der Waals surface area contributed by atoms with Crippen molar-refractivity contribution in [1.82, 2.24) is 9.97 Å². The Bertz CT molecular complexity index is 629. The van der Waals surface area contributed by atoms with Gasteiger partial charge in [-0.15, -0.1) is 11.3 Å². The van der Waals surface area contributed by atoms with Crippen LogP contribution in [0.1, 0.15) is 37.0 Å². The van der Waals surface area contributed by atoms with Crippen molar-refractivity contribution in [3.8, 4) is 0 Å². The molecular weight excluding hydrogens is 286 g/mol. The minimum Gasteiger partial charge on any atom is -0.391 e. The van der Waals surface area contributed by atoms with E-state index in [1.165, 1.54) is 11.3 Å². The predicted molar refractivity (Wildman–Crippen MR) is 86.5 cm³/mol. The summed E-state index contributed by atoms with van der Waals surface area (Å²) in [5.41, 5.74) is 2.51. The van der Waals surface area contributed by atoms with Gasteiger partial charge < -0.3 is 10.4 Å². The molecule has 2 heterocycles. The predicted octanol–water partition coefficient (Wildman–Crippen LogP) is 2.39. The molecule has 2 aromatic rings. The summed E-state index contributed by atoms with van der Waals surface area (Å²) >= 11 is 1.61. The zero-order valence-electron chi connectivity index (χ0n) is 12.1. The van der Waals surface area contributed by atoms with Gasteiger partial charge in [0.2, 0.25) is 5.95 Å². The Balaban J connectivity index is 1.94. The van der Waals surface area contributed by atoms with Gasteiger partial charge in [-0.2, -0.15) is 4.98 Å². The molecule has 21 heavy (non-hydrogen) atoms. The van der Waals surface area contributed by atoms with E-state index in [1.807, 2.05) is 6.92 Å². The number of nitrogens with two attached hydrogens (primary N) is 1. The van der Waals surface area contributed by atoms with Crippen LogP contribution in [0.3, 0.4) is 0 Å². The van der Waals surface area contributed by atoms with Gasteiger partial charge in [0.25, 0.3) is 0 Å². The number of hydrogen-bond donors (Lipinski definition) is 4. The lowest BCUT2D eigenvalue weighted by Crippen LogP contribution is -2.33. The number of hydrogen-bond acceptors (Lipinski definition) is 7. The first-order valence-corrected chi connectivity index (χ1v) is 8.18. The van der Waals surface area contributed by atoms with E-state index in [9.17, 15) is 5.11 Å². The lowest BCUT2D eigenvalue weighted by Gasteiger charge is -2.22. The smallest absolute Gasteiger partial charge is 0.240 e. The van der Waals surface area contributed by atoms with E-state index in [1.54, 1.807) is 11.3 Å². The van der Waals surface area contributed by atoms with Crippen LogP contribution in [0.2, 0.25) is 0 Å². The summed E-state index contributed by atoms with van der Waals surface area (Å²) in [7, 11) is 0. The fourth-order valence-corrected chi connectivity index (χ4v) is 3.73. The summed E-state index contributed by atoms with van der Waals surface area (Å²) in [5, 5.41) is 14.7. The van der Waals surface area contributed by atoms with Crippen molar-refractivity contribution in [2.75, 3.05) is 10.7 Å². The maximum Gasteiger partial charge on any atom is 0.240 e. The summed E-state index contributed by atoms with van der Waals surface area (Å²) in [6.07, 6.45) is 4.88. The quantitative estimate of drug-likeness (QED) is 0.395. The Morgan fingerprint density at radius 2 is 2.10 bits per heavy atom. The maximum absolute atomic E-state index is 10.3. The number of aliphatic hydroxyl groups excluding tert-OH is 1. The molecule has 6 nitrogen and oxygen atoms in total. The molecular formula is C14H21N5OS. The van der Waals surface area contributed by atoms with Crippen molar-refractivity contribution < 1.29 is 5.11 Å². The van der Waals surface area contributed by atoms with Crippen molar-refractivity contribution >= 4 is 33.3 Å². The maximum atomic E-state index is 10.3. The lowest BCUT2D eigenvalue weighted by molar-refractivity contribution is 0.144. The molecule has 2 aromatic heterocycles. The van der Waals surface area contributed by atoms with E-state index in [2.05, 4.69) is 26.8 Å². The molecule has 0 aliphatic heterocycles. The van der Waals surface area contributed by atoms with Gasteiger partial charge in [-0.05, 0) is 25.8 Å². The number of aryl methyl sites for hydroxylation is 1. The molecule has 1 aliphatic rings. The first kappa shape index (κ1) is 14.5. The Labute approximate surface area is 127 Å².